The lowest BCUT2D eigenvalue weighted by Gasteiger charge is -2.32. The molecule has 3 aromatic carbocycles. The number of hydrogen-bond acceptors (Lipinski definition) is 5. The maximum Gasteiger partial charge on any atom is 0.337 e. The second kappa shape index (κ2) is 11.7. The normalized spacial score (nSPS) is 12.4. The summed E-state index contributed by atoms with van der Waals surface area (Å²) in [5.74, 6) is -2.54. The molecule has 9 nitrogen and oxygen atoms in total. The molecule has 5 N–H and O–H groups in total. The molecule has 0 saturated heterocycles. The molecule has 0 aromatic heterocycles. The molecule has 0 aliphatic heterocycles. The summed E-state index contributed by atoms with van der Waals surface area (Å²) >= 11 is 0. The number of rotatable bonds is 10. The number of hydrogen-bond donors (Lipinski definition) is 5. The molecule has 0 radical (unpaired) electrons. The number of urea groups is 1. The van der Waals surface area contributed by atoms with Crippen molar-refractivity contribution in [1.82, 2.24) is 10.4 Å². The van der Waals surface area contributed by atoms with Gasteiger partial charge in [0.2, 0.25) is 0 Å². The number of carboxylic acid groups (broad SMARTS) is 2. The van der Waals surface area contributed by atoms with Gasteiger partial charge in [-0.2, -0.15) is 0 Å². The van der Waals surface area contributed by atoms with E-state index in [2.05, 4.69) is 10.7 Å². The zero-order valence-electron chi connectivity index (χ0n) is 19.1. The molecular weight excluding hydrogens is 450 g/mol. The summed E-state index contributed by atoms with van der Waals surface area (Å²) in [4.78, 5) is 37.6. The zero-order chi connectivity index (χ0) is 25.4. The highest BCUT2D eigenvalue weighted by Crippen LogP contribution is 2.16. The third-order valence-electron chi connectivity index (χ3n) is 5.33. The fraction of sp³-hybridized carbons (Fsp3) is 0.192. The summed E-state index contributed by atoms with van der Waals surface area (Å²) < 4.78 is 0. The lowest BCUT2D eigenvalue weighted by Crippen LogP contribution is -2.60. The van der Waals surface area contributed by atoms with Crippen LogP contribution in [-0.2, 0) is 22.4 Å². The largest absolute Gasteiger partial charge is 0.508 e. The minimum absolute atomic E-state index is 0.0292. The summed E-state index contributed by atoms with van der Waals surface area (Å²) in [7, 11) is 0. The predicted octanol–water partition coefficient (Wildman–Crippen LogP) is 3.43. The molecule has 0 bridgehead atoms. The Kier molecular flexibility index (Phi) is 8.42. The Morgan fingerprint density at radius 2 is 1.49 bits per heavy atom. The van der Waals surface area contributed by atoms with Crippen LogP contribution in [-0.4, -0.2) is 50.4 Å². The van der Waals surface area contributed by atoms with Crippen LogP contribution in [0.1, 0.15) is 16.7 Å². The van der Waals surface area contributed by atoms with E-state index in [9.17, 15) is 29.7 Å². The molecule has 2 atom stereocenters. The van der Waals surface area contributed by atoms with Crippen LogP contribution in [0.2, 0.25) is 0 Å². The Hall–Kier alpha value is -4.37. The number of phenolic OH excluding ortho intramolecular Hbond substituents is 1. The van der Waals surface area contributed by atoms with E-state index in [1.54, 1.807) is 60.7 Å². The second-order valence-corrected chi connectivity index (χ2v) is 8.10. The van der Waals surface area contributed by atoms with Gasteiger partial charge in [0.1, 0.15) is 11.8 Å². The number of carboxylic acids is 2. The van der Waals surface area contributed by atoms with Gasteiger partial charge in [0.05, 0.1) is 0 Å². The van der Waals surface area contributed by atoms with Crippen molar-refractivity contribution in [2.75, 3.05) is 5.32 Å². The fourth-order valence-corrected chi connectivity index (χ4v) is 3.55. The van der Waals surface area contributed by atoms with E-state index in [1.165, 1.54) is 12.1 Å². The Morgan fingerprint density at radius 3 is 2.09 bits per heavy atom. The van der Waals surface area contributed by atoms with Crippen LogP contribution in [0.5, 0.6) is 5.75 Å². The maximum absolute atomic E-state index is 13.3. The number of benzene rings is 3. The summed E-state index contributed by atoms with van der Waals surface area (Å²) in [5, 5.41) is 32.8. The van der Waals surface area contributed by atoms with E-state index in [0.29, 0.717) is 16.8 Å². The molecule has 0 heterocycles. The van der Waals surface area contributed by atoms with Gasteiger partial charge in [-0.25, -0.2) is 20.0 Å². The van der Waals surface area contributed by atoms with Crippen LogP contribution in [0.15, 0.2) is 78.9 Å². The number of nitrogens with zero attached hydrogens (tertiary/aromatic N) is 1. The topological polar surface area (TPSA) is 139 Å². The highest BCUT2D eigenvalue weighted by atomic mass is 16.4. The quantitative estimate of drug-likeness (QED) is 0.282. The number of amides is 2. The SMILES string of the molecule is Cc1cccc(NC(=O)N(N[C@@H](Cc2ccc(O)cc2)C(=O)O)[C@@H](Cc2ccccc2)C(=O)O)c1. The monoisotopic (exact) mass is 477 g/mol. The highest BCUT2D eigenvalue weighted by Gasteiger charge is 2.34. The average molecular weight is 478 g/mol. The predicted molar refractivity (Wildman–Crippen MR) is 130 cm³/mol. The van der Waals surface area contributed by atoms with E-state index in [4.69, 9.17) is 0 Å². The molecular formula is C26H27N3O6. The molecule has 182 valence electrons. The third kappa shape index (κ3) is 7.31. The minimum Gasteiger partial charge on any atom is -0.508 e. The van der Waals surface area contributed by atoms with E-state index in [1.807, 2.05) is 13.0 Å². The first-order valence-electron chi connectivity index (χ1n) is 10.9. The van der Waals surface area contributed by atoms with Crippen molar-refractivity contribution in [2.24, 2.45) is 0 Å². The number of aromatic hydroxyl groups is 1. The molecule has 2 amide bonds. The minimum atomic E-state index is -1.40. The number of carbonyl (C=O) groups is 3. The van der Waals surface area contributed by atoms with Crippen LogP contribution in [0.3, 0.4) is 0 Å². The van der Waals surface area contributed by atoms with Gasteiger partial charge < -0.3 is 20.6 Å². The first-order chi connectivity index (χ1) is 16.7. The van der Waals surface area contributed by atoms with Crippen molar-refractivity contribution in [3.8, 4) is 5.75 Å². The van der Waals surface area contributed by atoms with Gasteiger partial charge in [0, 0.05) is 18.5 Å². The Labute approximate surface area is 202 Å². The number of carbonyl (C=O) groups excluding carboxylic acids is 1. The number of hydrazine groups is 1. The molecule has 3 rings (SSSR count). The van der Waals surface area contributed by atoms with Gasteiger partial charge in [-0.05, 0) is 47.9 Å². The van der Waals surface area contributed by atoms with Crippen molar-refractivity contribution in [3.63, 3.8) is 0 Å². The summed E-state index contributed by atoms with van der Waals surface area (Å²) in [5.41, 5.74) is 5.21. The average Bonchev–Trinajstić information content (AvgIpc) is 2.82. The molecule has 0 aliphatic rings. The van der Waals surface area contributed by atoms with Gasteiger partial charge >= 0.3 is 18.0 Å². The van der Waals surface area contributed by atoms with Crippen LogP contribution in [0, 0.1) is 6.92 Å². The highest BCUT2D eigenvalue weighted by molar-refractivity contribution is 5.92. The Balaban J connectivity index is 1.92. The number of aliphatic carboxylic acids is 2. The van der Waals surface area contributed by atoms with Crippen LogP contribution in [0.25, 0.3) is 0 Å². The molecule has 0 spiro atoms. The van der Waals surface area contributed by atoms with Crippen molar-refractivity contribution >= 4 is 23.7 Å². The fourth-order valence-electron chi connectivity index (χ4n) is 3.55. The lowest BCUT2D eigenvalue weighted by atomic mass is 10.0. The third-order valence-corrected chi connectivity index (χ3v) is 5.33. The summed E-state index contributed by atoms with van der Waals surface area (Å²) in [6.07, 6.45) is -0.0997. The number of anilines is 1. The van der Waals surface area contributed by atoms with Gasteiger partial charge in [-0.15, -0.1) is 0 Å². The van der Waals surface area contributed by atoms with Gasteiger partial charge in [0.15, 0.2) is 6.04 Å². The van der Waals surface area contributed by atoms with E-state index in [0.717, 1.165) is 10.6 Å². The van der Waals surface area contributed by atoms with Crippen LogP contribution >= 0.6 is 0 Å². The van der Waals surface area contributed by atoms with Crippen molar-refractivity contribution in [2.45, 2.75) is 31.8 Å². The Bertz CT molecular complexity index is 1170. The second-order valence-electron chi connectivity index (χ2n) is 8.10. The molecule has 0 aliphatic carbocycles. The molecule has 3 aromatic rings. The molecule has 0 saturated carbocycles. The van der Waals surface area contributed by atoms with Gasteiger partial charge in [-0.1, -0.05) is 54.6 Å². The molecule has 9 heteroatoms. The molecule has 0 unspecified atom stereocenters. The number of aryl methyl sites for hydroxylation is 1. The maximum atomic E-state index is 13.3. The number of phenols is 1. The summed E-state index contributed by atoms with van der Waals surface area (Å²) in [6.45, 7) is 1.85. The van der Waals surface area contributed by atoms with Gasteiger partial charge in [-0.3, -0.25) is 4.79 Å². The number of nitrogens with one attached hydrogen (secondary N) is 2. The lowest BCUT2D eigenvalue weighted by molar-refractivity contribution is -0.147. The zero-order valence-corrected chi connectivity index (χ0v) is 19.1. The van der Waals surface area contributed by atoms with E-state index >= 15 is 0 Å². The van der Waals surface area contributed by atoms with Gasteiger partial charge in [0.25, 0.3) is 0 Å². The molecule has 35 heavy (non-hydrogen) atoms. The first kappa shape index (κ1) is 25.3. The first-order valence-corrected chi connectivity index (χ1v) is 10.9. The van der Waals surface area contributed by atoms with Crippen molar-refractivity contribution < 1.29 is 29.7 Å². The molecule has 0 fully saturated rings. The van der Waals surface area contributed by atoms with E-state index in [-0.39, 0.29) is 18.6 Å². The smallest absolute Gasteiger partial charge is 0.337 e. The standard InChI is InChI=1S/C26H27N3O6/c1-17-6-5-9-20(14-17)27-26(35)29(23(25(33)34)16-18-7-3-2-4-8-18)28-22(24(31)32)15-19-10-12-21(30)13-11-19/h2-14,22-23,28,30H,15-16H2,1H3,(H,27,35)(H,31,32)(H,33,34)/t22-,23-/m0/s1. The van der Waals surface area contributed by atoms with Crippen molar-refractivity contribution in [1.29, 1.82) is 0 Å². The van der Waals surface area contributed by atoms with E-state index < -0.39 is 30.1 Å². The van der Waals surface area contributed by atoms with Crippen LogP contribution in [0.4, 0.5) is 10.5 Å². The van der Waals surface area contributed by atoms with Crippen molar-refractivity contribution in [3.05, 3.63) is 95.6 Å². The Morgan fingerprint density at radius 1 is 0.829 bits per heavy atom. The summed E-state index contributed by atoms with van der Waals surface area (Å²) in [6, 6.07) is 18.2. The van der Waals surface area contributed by atoms with Crippen LogP contribution < -0.4 is 10.7 Å².